The van der Waals surface area contributed by atoms with Gasteiger partial charge in [-0.1, -0.05) is 6.42 Å². The molecule has 1 amide bonds. The SMILES string of the molecule is Cc1ccsc1CNC(=O)C1(CN)CCC1. The van der Waals surface area contributed by atoms with E-state index in [0.29, 0.717) is 13.1 Å². The second-order valence-electron chi connectivity index (χ2n) is 4.55. The van der Waals surface area contributed by atoms with Gasteiger partial charge in [-0.2, -0.15) is 0 Å². The van der Waals surface area contributed by atoms with E-state index < -0.39 is 0 Å². The maximum absolute atomic E-state index is 12.0. The first kappa shape index (κ1) is 11.6. The number of rotatable bonds is 4. The first-order valence-corrected chi connectivity index (χ1v) is 6.57. The normalized spacial score (nSPS) is 17.9. The van der Waals surface area contributed by atoms with Gasteiger partial charge in [0.1, 0.15) is 0 Å². The summed E-state index contributed by atoms with van der Waals surface area (Å²) in [5, 5.41) is 5.07. The Hall–Kier alpha value is -0.870. The Morgan fingerprint density at radius 3 is 2.81 bits per heavy atom. The van der Waals surface area contributed by atoms with Crippen molar-refractivity contribution >= 4 is 17.2 Å². The zero-order valence-electron chi connectivity index (χ0n) is 9.58. The number of nitrogens with two attached hydrogens (primary N) is 1. The highest BCUT2D eigenvalue weighted by molar-refractivity contribution is 7.10. The van der Waals surface area contributed by atoms with Gasteiger partial charge in [0, 0.05) is 11.4 Å². The highest BCUT2D eigenvalue weighted by Crippen LogP contribution is 2.40. The molecule has 0 spiro atoms. The lowest BCUT2D eigenvalue weighted by Gasteiger charge is -2.39. The molecule has 0 radical (unpaired) electrons. The summed E-state index contributed by atoms with van der Waals surface area (Å²) in [5.74, 6) is 0.133. The lowest BCUT2D eigenvalue weighted by molar-refractivity contribution is -0.135. The third-order valence-electron chi connectivity index (χ3n) is 3.56. The van der Waals surface area contributed by atoms with Crippen LogP contribution in [0, 0.1) is 12.3 Å². The molecule has 1 aromatic heterocycles. The maximum atomic E-state index is 12.0. The van der Waals surface area contributed by atoms with Gasteiger partial charge in [-0.05, 0) is 36.8 Å². The van der Waals surface area contributed by atoms with E-state index in [9.17, 15) is 4.79 Å². The Kier molecular flexibility index (Phi) is 3.30. The van der Waals surface area contributed by atoms with Crippen molar-refractivity contribution in [2.24, 2.45) is 11.1 Å². The van der Waals surface area contributed by atoms with Crippen LogP contribution in [0.25, 0.3) is 0 Å². The number of hydrogen-bond donors (Lipinski definition) is 2. The van der Waals surface area contributed by atoms with E-state index in [4.69, 9.17) is 5.73 Å². The minimum atomic E-state index is -0.259. The summed E-state index contributed by atoms with van der Waals surface area (Å²) in [4.78, 5) is 13.2. The van der Waals surface area contributed by atoms with Gasteiger partial charge in [0.25, 0.3) is 0 Å². The van der Waals surface area contributed by atoms with E-state index in [2.05, 4.69) is 23.7 Å². The molecule has 4 heteroatoms. The summed E-state index contributed by atoms with van der Waals surface area (Å²) in [6.07, 6.45) is 3.01. The maximum Gasteiger partial charge on any atom is 0.227 e. The average molecular weight is 238 g/mol. The minimum Gasteiger partial charge on any atom is -0.351 e. The van der Waals surface area contributed by atoms with Crippen molar-refractivity contribution in [3.05, 3.63) is 21.9 Å². The molecule has 16 heavy (non-hydrogen) atoms. The van der Waals surface area contributed by atoms with Gasteiger partial charge >= 0.3 is 0 Å². The van der Waals surface area contributed by atoms with Gasteiger partial charge < -0.3 is 11.1 Å². The molecule has 1 aliphatic carbocycles. The zero-order valence-corrected chi connectivity index (χ0v) is 10.4. The van der Waals surface area contributed by atoms with Crippen LogP contribution in [0.1, 0.15) is 29.7 Å². The molecule has 0 aliphatic heterocycles. The van der Waals surface area contributed by atoms with Crippen molar-refractivity contribution in [3.63, 3.8) is 0 Å². The summed E-state index contributed by atoms with van der Waals surface area (Å²) in [6.45, 7) is 3.19. The summed E-state index contributed by atoms with van der Waals surface area (Å²) in [7, 11) is 0. The van der Waals surface area contributed by atoms with Gasteiger partial charge in [-0.15, -0.1) is 11.3 Å². The molecule has 3 N–H and O–H groups in total. The fraction of sp³-hybridized carbons (Fsp3) is 0.583. The molecule has 1 fully saturated rings. The number of carbonyl (C=O) groups is 1. The van der Waals surface area contributed by atoms with Crippen molar-refractivity contribution in [1.29, 1.82) is 0 Å². The van der Waals surface area contributed by atoms with Crippen molar-refractivity contribution in [3.8, 4) is 0 Å². The third-order valence-corrected chi connectivity index (χ3v) is 4.58. The molecule has 0 unspecified atom stereocenters. The molecule has 0 saturated heterocycles. The van der Waals surface area contributed by atoms with E-state index in [0.717, 1.165) is 19.3 Å². The molecule has 0 bridgehead atoms. The van der Waals surface area contributed by atoms with Gasteiger partial charge in [-0.3, -0.25) is 4.79 Å². The Morgan fingerprint density at radius 1 is 1.62 bits per heavy atom. The van der Waals surface area contributed by atoms with Crippen LogP contribution in [0.3, 0.4) is 0 Å². The number of hydrogen-bond acceptors (Lipinski definition) is 3. The summed E-state index contributed by atoms with van der Waals surface area (Å²) in [6, 6.07) is 2.08. The number of amides is 1. The van der Waals surface area contributed by atoms with E-state index in [1.807, 2.05) is 0 Å². The lowest BCUT2D eigenvalue weighted by Crippen LogP contribution is -2.50. The smallest absolute Gasteiger partial charge is 0.227 e. The van der Waals surface area contributed by atoms with E-state index in [1.165, 1.54) is 10.4 Å². The van der Waals surface area contributed by atoms with Crippen LogP contribution in [0.4, 0.5) is 0 Å². The number of carbonyl (C=O) groups excluding carboxylic acids is 1. The standard InChI is InChI=1S/C12H18N2OS/c1-9-3-6-16-10(9)7-14-11(15)12(8-13)4-2-5-12/h3,6H,2,4-5,7-8,13H2,1H3,(H,14,15). The first-order chi connectivity index (χ1) is 7.68. The Morgan fingerprint density at radius 2 is 2.38 bits per heavy atom. The van der Waals surface area contributed by atoms with Crippen LogP contribution in [-0.2, 0) is 11.3 Å². The Labute approximate surface area is 100 Å². The van der Waals surface area contributed by atoms with Crippen molar-refractivity contribution in [2.75, 3.05) is 6.54 Å². The molecule has 1 saturated carbocycles. The minimum absolute atomic E-state index is 0.133. The number of nitrogens with one attached hydrogen (secondary N) is 1. The van der Waals surface area contributed by atoms with Crippen LogP contribution < -0.4 is 11.1 Å². The Bertz CT molecular complexity index is 377. The molecule has 1 heterocycles. The largest absolute Gasteiger partial charge is 0.351 e. The van der Waals surface area contributed by atoms with Crippen molar-refractivity contribution < 1.29 is 4.79 Å². The van der Waals surface area contributed by atoms with Crippen LogP contribution in [0.5, 0.6) is 0 Å². The fourth-order valence-electron chi connectivity index (χ4n) is 2.06. The third kappa shape index (κ3) is 1.99. The zero-order chi connectivity index (χ0) is 11.6. The van der Waals surface area contributed by atoms with Crippen LogP contribution in [0.2, 0.25) is 0 Å². The predicted octanol–water partition coefficient (Wildman–Crippen LogP) is 1.80. The summed E-state index contributed by atoms with van der Waals surface area (Å²) in [5.41, 5.74) is 6.68. The molecule has 0 atom stereocenters. The van der Waals surface area contributed by atoms with Crippen molar-refractivity contribution in [2.45, 2.75) is 32.7 Å². The molecule has 3 nitrogen and oxygen atoms in total. The van der Waals surface area contributed by atoms with E-state index in [-0.39, 0.29) is 11.3 Å². The highest BCUT2D eigenvalue weighted by atomic mass is 32.1. The fourth-order valence-corrected chi connectivity index (χ4v) is 2.91. The van der Waals surface area contributed by atoms with Gasteiger partial charge in [-0.25, -0.2) is 0 Å². The topological polar surface area (TPSA) is 55.1 Å². The molecule has 1 aliphatic rings. The molecule has 88 valence electrons. The predicted molar refractivity (Wildman–Crippen MR) is 66.2 cm³/mol. The number of thiophene rings is 1. The molecule has 2 rings (SSSR count). The van der Waals surface area contributed by atoms with Gasteiger partial charge in [0.15, 0.2) is 0 Å². The molecular weight excluding hydrogens is 220 g/mol. The quantitative estimate of drug-likeness (QED) is 0.840. The molecule has 1 aromatic rings. The van der Waals surface area contributed by atoms with Gasteiger partial charge in [0.05, 0.1) is 12.0 Å². The number of aryl methyl sites for hydroxylation is 1. The summed E-state index contributed by atoms with van der Waals surface area (Å²) < 4.78 is 0. The average Bonchev–Trinajstić information content (AvgIpc) is 2.60. The monoisotopic (exact) mass is 238 g/mol. The van der Waals surface area contributed by atoms with Crippen LogP contribution in [0.15, 0.2) is 11.4 Å². The van der Waals surface area contributed by atoms with Gasteiger partial charge in [0.2, 0.25) is 5.91 Å². The Balaban J connectivity index is 1.91. The molecular formula is C12H18N2OS. The van der Waals surface area contributed by atoms with E-state index >= 15 is 0 Å². The van der Waals surface area contributed by atoms with E-state index in [1.54, 1.807) is 11.3 Å². The lowest BCUT2D eigenvalue weighted by atomic mass is 9.68. The summed E-state index contributed by atoms with van der Waals surface area (Å²) >= 11 is 1.69. The second kappa shape index (κ2) is 4.55. The first-order valence-electron chi connectivity index (χ1n) is 5.69. The second-order valence-corrected chi connectivity index (χ2v) is 5.55. The highest BCUT2D eigenvalue weighted by Gasteiger charge is 2.42. The van der Waals surface area contributed by atoms with Crippen LogP contribution >= 0.6 is 11.3 Å². The van der Waals surface area contributed by atoms with Crippen LogP contribution in [-0.4, -0.2) is 12.5 Å². The van der Waals surface area contributed by atoms with Crippen molar-refractivity contribution in [1.82, 2.24) is 5.32 Å². The molecule has 0 aromatic carbocycles.